The van der Waals surface area contributed by atoms with Gasteiger partial charge >= 0.3 is 0 Å². The predicted molar refractivity (Wildman–Crippen MR) is 68.7 cm³/mol. The van der Waals surface area contributed by atoms with Gasteiger partial charge in [0, 0.05) is 12.4 Å². The van der Waals surface area contributed by atoms with E-state index in [1.807, 2.05) is 6.07 Å². The van der Waals surface area contributed by atoms with E-state index in [-0.39, 0.29) is 24.8 Å². The van der Waals surface area contributed by atoms with Crippen LogP contribution in [0.1, 0.15) is 0 Å². The third-order valence-electron chi connectivity index (χ3n) is 1.59. The third kappa shape index (κ3) is 3.23. The fourth-order valence-corrected chi connectivity index (χ4v) is 1.70. The molecule has 15 heavy (non-hydrogen) atoms. The molecule has 0 aliphatic carbocycles. The van der Waals surface area contributed by atoms with E-state index in [2.05, 4.69) is 9.97 Å². The molecule has 0 radical (unpaired) electrons. The number of nitrogens with two attached hydrogens (primary N) is 2. The van der Waals surface area contributed by atoms with Crippen molar-refractivity contribution in [1.29, 1.82) is 0 Å². The molecule has 0 amide bonds. The number of anilines is 2. The van der Waals surface area contributed by atoms with Gasteiger partial charge in [-0.05, 0) is 17.7 Å². The Hall–Kier alpha value is -1.04. The monoisotopic (exact) mass is 264 g/mol. The lowest BCUT2D eigenvalue weighted by Crippen LogP contribution is -1.88. The maximum atomic E-state index is 5.54. The molecular formula is C8H10Cl2N4S. The number of nitrogen functional groups attached to an aromatic ring is 2. The van der Waals surface area contributed by atoms with Crippen LogP contribution in [-0.2, 0) is 0 Å². The Balaban J connectivity index is 0.000000980. The first-order valence-corrected chi connectivity index (χ1v) is 4.50. The van der Waals surface area contributed by atoms with E-state index in [1.54, 1.807) is 18.5 Å². The van der Waals surface area contributed by atoms with Crippen molar-refractivity contribution in [2.24, 2.45) is 0 Å². The van der Waals surface area contributed by atoms with E-state index in [0.717, 1.165) is 10.4 Å². The number of nitrogens with zero attached hydrogens (tertiary/aromatic N) is 2. The second-order valence-corrected chi connectivity index (χ2v) is 3.59. The van der Waals surface area contributed by atoms with Crippen molar-refractivity contribution < 1.29 is 0 Å². The van der Waals surface area contributed by atoms with Gasteiger partial charge in [-0.15, -0.1) is 24.8 Å². The first-order valence-electron chi connectivity index (χ1n) is 3.69. The number of halogens is 2. The van der Waals surface area contributed by atoms with Crippen LogP contribution in [0.2, 0.25) is 0 Å². The quantitative estimate of drug-likeness (QED) is 0.828. The summed E-state index contributed by atoms with van der Waals surface area (Å²) in [6.45, 7) is 0. The van der Waals surface area contributed by atoms with Crippen LogP contribution in [0.3, 0.4) is 0 Å². The summed E-state index contributed by atoms with van der Waals surface area (Å²) in [5.41, 5.74) is 12.1. The lowest BCUT2D eigenvalue weighted by atomic mass is 10.2. The van der Waals surface area contributed by atoms with Gasteiger partial charge in [0.15, 0.2) is 5.13 Å². The molecule has 4 nitrogen and oxygen atoms in total. The normalized spacial score (nSPS) is 8.80. The summed E-state index contributed by atoms with van der Waals surface area (Å²) in [6.07, 6.45) is 3.40. The minimum atomic E-state index is 0. The summed E-state index contributed by atoms with van der Waals surface area (Å²) in [4.78, 5) is 8.87. The number of hydrogen-bond donors (Lipinski definition) is 2. The Bertz CT molecular complexity index is 432. The molecule has 0 aromatic carbocycles. The number of hydrogen-bond acceptors (Lipinski definition) is 5. The molecule has 2 rings (SSSR count). The zero-order valence-corrected chi connectivity index (χ0v) is 10.0. The summed E-state index contributed by atoms with van der Waals surface area (Å²) in [6, 6.07) is 3.68. The van der Waals surface area contributed by atoms with Crippen molar-refractivity contribution in [3.05, 3.63) is 24.5 Å². The molecule has 2 aromatic heterocycles. The van der Waals surface area contributed by atoms with Crippen LogP contribution >= 0.6 is 36.2 Å². The zero-order chi connectivity index (χ0) is 9.26. The van der Waals surface area contributed by atoms with Gasteiger partial charge in [0.25, 0.3) is 0 Å². The van der Waals surface area contributed by atoms with Gasteiger partial charge in [-0.3, -0.25) is 0 Å². The summed E-state index contributed by atoms with van der Waals surface area (Å²) < 4.78 is 0. The highest BCUT2D eigenvalue weighted by atomic mass is 35.5. The van der Waals surface area contributed by atoms with Crippen LogP contribution in [0.15, 0.2) is 24.5 Å². The van der Waals surface area contributed by atoms with Crippen molar-refractivity contribution >= 4 is 47.1 Å². The van der Waals surface area contributed by atoms with Crippen molar-refractivity contribution in [2.45, 2.75) is 0 Å². The van der Waals surface area contributed by atoms with Gasteiger partial charge in [-0.25, -0.2) is 9.97 Å². The van der Waals surface area contributed by atoms with Gasteiger partial charge in [-0.1, -0.05) is 11.3 Å². The zero-order valence-electron chi connectivity index (χ0n) is 7.58. The molecule has 0 spiro atoms. The summed E-state index contributed by atoms with van der Waals surface area (Å²) >= 11 is 1.43. The average Bonchev–Trinajstić information content (AvgIpc) is 2.52. The lowest BCUT2D eigenvalue weighted by Gasteiger charge is -1.96. The fourth-order valence-electron chi connectivity index (χ4n) is 1.02. The Morgan fingerprint density at radius 1 is 1.13 bits per heavy atom. The number of rotatable bonds is 1. The largest absolute Gasteiger partial charge is 0.384 e. The average molecular weight is 265 g/mol. The topological polar surface area (TPSA) is 77.8 Å². The van der Waals surface area contributed by atoms with Gasteiger partial charge in [-0.2, -0.15) is 0 Å². The van der Waals surface area contributed by atoms with E-state index in [9.17, 15) is 0 Å². The fraction of sp³-hybridized carbons (Fsp3) is 0. The van der Waals surface area contributed by atoms with Gasteiger partial charge in [0.05, 0.1) is 4.88 Å². The molecule has 0 aliphatic rings. The van der Waals surface area contributed by atoms with E-state index < -0.39 is 0 Å². The molecule has 0 aliphatic heterocycles. The first-order chi connectivity index (χ1) is 6.25. The maximum Gasteiger partial charge on any atom is 0.180 e. The van der Waals surface area contributed by atoms with Crippen LogP contribution in [-0.4, -0.2) is 9.97 Å². The van der Waals surface area contributed by atoms with Crippen LogP contribution in [0.4, 0.5) is 10.9 Å². The molecule has 0 atom stereocenters. The second kappa shape index (κ2) is 5.75. The van der Waals surface area contributed by atoms with E-state index in [0.29, 0.717) is 10.9 Å². The minimum Gasteiger partial charge on any atom is -0.384 e. The third-order valence-corrected chi connectivity index (χ3v) is 2.46. The Morgan fingerprint density at radius 2 is 1.87 bits per heavy atom. The standard InChI is InChI=1S/C8H8N4S.2ClH/c9-7-3-5(1-2-11-7)6-4-12-8(10)13-6;;/h1-4H,(H2,9,11)(H2,10,12);2*1H. The Kier molecular flexibility index (Phi) is 5.35. The Morgan fingerprint density at radius 3 is 2.40 bits per heavy atom. The molecule has 0 saturated heterocycles. The van der Waals surface area contributed by atoms with Crippen LogP contribution in [0.5, 0.6) is 0 Å². The summed E-state index contributed by atoms with van der Waals surface area (Å²) in [5.74, 6) is 0.504. The second-order valence-electron chi connectivity index (χ2n) is 2.53. The molecule has 82 valence electrons. The molecule has 2 heterocycles. The summed E-state index contributed by atoms with van der Waals surface area (Å²) in [5, 5.41) is 0.561. The highest BCUT2D eigenvalue weighted by Gasteiger charge is 2.01. The van der Waals surface area contributed by atoms with Gasteiger partial charge < -0.3 is 11.5 Å². The molecule has 7 heteroatoms. The number of pyridine rings is 1. The SMILES string of the molecule is Cl.Cl.Nc1cc(-c2cnc(N)s2)ccn1. The minimum absolute atomic E-state index is 0. The van der Waals surface area contributed by atoms with E-state index in [1.165, 1.54) is 11.3 Å². The molecular weight excluding hydrogens is 255 g/mol. The Labute approximate surface area is 104 Å². The highest BCUT2D eigenvalue weighted by molar-refractivity contribution is 7.18. The van der Waals surface area contributed by atoms with Crippen molar-refractivity contribution in [3.63, 3.8) is 0 Å². The maximum absolute atomic E-state index is 5.54. The van der Waals surface area contributed by atoms with Crippen molar-refractivity contribution in [2.75, 3.05) is 11.5 Å². The van der Waals surface area contributed by atoms with Crippen LogP contribution < -0.4 is 11.5 Å². The highest BCUT2D eigenvalue weighted by Crippen LogP contribution is 2.27. The van der Waals surface area contributed by atoms with Crippen LogP contribution in [0.25, 0.3) is 10.4 Å². The number of aromatic nitrogens is 2. The molecule has 0 fully saturated rings. The van der Waals surface area contributed by atoms with Gasteiger partial charge in [0.2, 0.25) is 0 Å². The number of thiazole rings is 1. The van der Waals surface area contributed by atoms with Gasteiger partial charge in [0.1, 0.15) is 5.82 Å². The molecule has 0 saturated carbocycles. The smallest absolute Gasteiger partial charge is 0.180 e. The molecule has 0 bridgehead atoms. The van der Waals surface area contributed by atoms with E-state index in [4.69, 9.17) is 11.5 Å². The molecule has 0 unspecified atom stereocenters. The van der Waals surface area contributed by atoms with E-state index >= 15 is 0 Å². The van der Waals surface area contributed by atoms with Crippen LogP contribution in [0, 0.1) is 0 Å². The molecule has 2 aromatic rings. The van der Waals surface area contributed by atoms with Crippen molar-refractivity contribution in [3.8, 4) is 10.4 Å². The lowest BCUT2D eigenvalue weighted by molar-refractivity contribution is 1.34. The summed E-state index contributed by atoms with van der Waals surface area (Å²) in [7, 11) is 0. The predicted octanol–water partition coefficient (Wildman–Crippen LogP) is 2.21. The first kappa shape index (κ1) is 14.0. The molecule has 4 N–H and O–H groups in total. The van der Waals surface area contributed by atoms with Crippen molar-refractivity contribution in [1.82, 2.24) is 9.97 Å².